The van der Waals surface area contributed by atoms with Gasteiger partial charge in [0, 0.05) is 32.0 Å². The zero-order valence-corrected chi connectivity index (χ0v) is 12.3. The van der Waals surface area contributed by atoms with Crippen molar-refractivity contribution in [1.82, 2.24) is 25.0 Å². The Bertz CT molecular complexity index is 801. The Morgan fingerprint density at radius 3 is 2.96 bits per heavy atom. The minimum atomic E-state index is -0.204. The molecule has 1 fully saturated rings. The van der Waals surface area contributed by atoms with Gasteiger partial charge in [-0.3, -0.25) is 9.88 Å². The molecule has 0 aliphatic carbocycles. The van der Waals surface area contributed by atoms with E-state index in [-0.39, 0.29) is 11.7 Å². The van der Waals surface area contributed by atoms with Crippen molar-refractivity contribution < 1.29 is 8.91 Å². The van der Waals surface area contributed by atoms with E-state index < -0.39 is 0 Å². The molecule has 23 heavy (non-hydrogen) atoms. The van der Waals surface area contributed by atoms with Crippen molar-refractivity contribution >= 4 is 0 Å². The average molecular weight is 311 g/mol. The van der Waals surface area contributed by atoms with Crippen LogP contribution in [-0.2, 0) is 6.54 Å². The fourth-order valence-corrected chi connectivity index (χ4v) is 2.67. The highest BCUT2D eigenvalue weighted by atomic mass is 19.1. The maximum atomic E-state index is 13.2. The summed E-state index contributed by atoms with van der Waals surface area (Å²) in [4.78, 5) is 14.7. The maximum Gasteiger partial charge on any atom is 0.232 e. The topological polar surface area (TPSA) is 67.9 Å². The first kappa shape index (κ1) is 14.0. The molecule has 7 heteroatoms. The van der Waals surface area contributed by atoms with Crippen molar-refractivity contribution in [3.8, 4) is 11.5 Å². The standard InChI is InChI=1S/C16H14FN5O/c17-13-3-1-2-11(6-13)8-22-9-12(10-22)16-20-15(21-23-16)14-7-18-4-5-19-14/h1-7,12H,8-10H2. The van der Waals surface area contributed by atoms with Gasteiger partial charge in [0.2, 0.25) is 11.7 Å². The molecular formula is C16H14FN5O. The van der Waals surface area contributed by atoms with E-state index >= 15 is 0 Å². The number of hydrogen-bond donors (Lipinski definition) is 0. The molecule has 1 aliphatic rings. The first-order chi connectivity index (χ1) is 11.3. The predicted octanol–water partition coefficient (Wildman–Crippen LogP) is 2.27. The fourth-order valence-electron chi connectivity index (χ4n) is 2.67. The van der Waals surface area contributed by atoms with Crippen LogP contribution in [0.3, 0.4) is 0 Å². The van der Waals surface area contributed by atoms with Crippen LogP contribution in [0.2, 0.25) is 0 Å². The van der Waals surface area contributed by atoms with Gasteiger partial charge in [-0.2, -0.15) is 4.98 Å². The number of rotatable bonds is 4. The molecule has 2 aromatic heterocycles. The molecule has 1 saturated heterocycles. The Morgan fingerprint density at radius 2 is 2.17 bits per heavy atom. The predicted molar refractivity (Wildman–Crippen MR) is 79.7 cm³/mol. The number of aromatic nitrogens is 4. The van der Waals surface area contributed by atoms with Crippen LogP contribution in [0.4, 0.5) is 4.39 Å². The molecule has 116 valence electrons. The third-order valence-electron chi connectivity index (χ3n) is 3.84. The quantitative estimate of drug-likeness (QED) is 0.736. The number of halogens is 1. The van der Waals surface area contributed by atoms with Gasteiger partial charge in [0.15, 0.2) is 0 Å². The lowest BCUT2D eigenvalue weighted by Crippen LogP contribution is -2.44. The Hall–Kier alpha value is -2.67. The van der Waals surface area contributed by atoms with Crippen LogP contribution in [0, 0.1) is 5.82 Å². The van der Waals surface area contributed by atoms with Gasteiger partial charge in [-0.05, 0) is 17.7 Å². The summed E-state index contributed by atoms with van der Waals surface area (Å²) in [6.07, 6.45) is 4.79. The van der Waals surface area contributed by atoms with E-state index in [1.165, 1.54) is 6.07 Å². The van der Waals surface area contributed by atoms with Crippen LogP contribution in [0.5, 0.6) is 0 Å². The van der Waals surface area contributed by atoms with Gasteiger partial charge >= 0.3 is 0 Å². The SMILES string of the molecule is Fc1cccc(CN2CC(c3nc(-c4cnccn4)no3)C2)c1. The monoisotopic (exact) mass is 311 g/mol. The molecule has 4 rings (SSSR count). The third-order valence-corrected chi connectivity index (χ3v) is 3.84. The number of hydrogen-bond acceptors (Lipinski definition) is 6. The molecule has 0 saturated carbocycles. The van der Waals surface area contributed by atoms with Crippen LogP contribution in [0.1, 0.15) is 17.4 Å². The summed E-state index contributed by atoms with van der Waals surface area (Å²) < 4.78 is 18.5. The average Bonchev–Trinajstić information content (AvgIpc) is 3.01. The van der Waals surface area contributed by atoms with E-state index in [1.54, 1.807) is 30.7 Å². The summed E-state index contributed by atoms with van der Waals surface area (Å²) in [6.45, 7) is 2.36. The van der Waals surface area contributed by atoms with E-state index in [0.29, 0.717) is 17.4 Å². The van der Waals surface area contributed by atoms with Crippen LogP contribution in [-0.4, -0.2) is 38.1 Å². The van der Waals surface area contributed by atoms with Crippen LogP contribution in [0.25, 0.3) is 11.5 Å². The van der Waals surface area contributed by atoms with Crippen molar-refractivity contribution in [2.75, 3.05) is 13.1 Å². The minimum Gasteiger partial charge on any atom is -0.339 e. The Labute approximate surface area is 132 Å². The first-order valence-electron chi connectivity index (χ1n) is 7.35. The molecule has 0 bridgehead atoms. The lowest BCUT2D eigenvalue weighted by atomic mass is 9.99. The zero-order chi connectivity index (χ0) is 15.6. The van der Waals surface area contributed by atoms with Crippen molar-refractivity contribution in [3.05, 3.63) is 60.1 Å². The number of likely N-dealkylation sites (tertiary alicyclic amines) is 1. The van der Waals surface area contributed by atoms with Crippen molar-refractivity contribution in [3.63, 3.8) is 0 Å². The summed E-state index contributed by atoms with van der Waals surface area (Å²) in [7, 11) is 0. The molecule has 0 spiro atoms. The lowest BCUT2D eigenvalue weighted by molar-refractivity contribution is 0.117. The normalized spacial score (nSPS) is 15.5. The maximum absolute atomic E-state index is 13.2. The van der Waals surface area contributed by atoms with Gasteiger partial charge < -0.3 is 4.52 Å². The molecule has 0 unspecified atom stereocenters. The van der Waals surface area contributed by atoms with Gasteiger partial charge in [-0.15, -0.1) is 0 Å². The zero-order valence-electron chi connectivity index (χ0n) is 12.3. The number of benzene rings is 1. The summed E-state index contributed by atoms with van der Waals surface area (Å²) in [5.41, 5.74) is 1.56. The van der Waals surface area contributed by atoms with Gasteiger partial charge in [0.25, 0.3) is 0 Å². The van der Waals surface area contributed by atoms with E-state index in [9.17, 15) is 4.39 Å². The molecule has 0 N–H and O–H groups in total. The molecule has 1 aromatic carbocycles. The van der Waals surface area contributed by atoms with Crippen molar-refractivity contribution in [2.24, 2.45) is 0 Å². The molecule has 6 nitrogen and oxygen atoms in total. The highest BCUT2D eigenvalue weighted by Crippen LogP contribution is 2.28. The summed E-state index contributed by atoms with van der Waals surface area (Å²) in [5.74, 6) is 1.07. The molecular weight excluding hydrogens is 297 g/mol. The molecule has 0 radical (unpaired) electrons. The summed E-state index contributed by atoms with van der Waals surface area (Å²) in [5, 5.41) is 3.95. The van der Waals surface area contributed by atoms with Gasteiger partial charge in [0.1, 0.15) is 11.5 Å². The molecule has 3 heterocycles. The third kappa shape index (κ3) is 2.95. The number of nitrogens with zero attached hydrogens (tertiary/aromatic N) is 5. The second-order valence-electron chi connectivity index (χ2n) is 5.57. The van der Waals surface area contributed by atoms with Crippen molar-refractivity contribution in [1.29, 1.82) is 0 Å². The smallest absolute Gasteiger partial charge is 0.232 e. The Morgan fingerprint density at radius 1 is 1.26 bits per heavy atom. The van der Waals surface area contributed by atoms with Gasteiger partial charge in [-0.1, -0.05) is 17.3 Å². The Kier molecular flexibility index (Phi) is 3.55. The van der Waals surface area contributed by atoms with Gasteiger partial charge in [-0.25, -0.2) is 9.37 Å². The highest BCUT2D eigenvalue weighted by molar-refractivity contribution is 5.45. The second kappa shape index (κ2) is 5.85. The van der Waals surface area contributed by atoms with E-state index in [2.05, 4.69) is 25.0 Å². The van der Waals surface area contributed by atoms with E-state index in [0.717, 1.165) is 25.2 Å². The van der Waals surface area contributed by atoms with Crippen LogP contribution in [0.15, 0.2) is 47.4 Å². The van der Waals surface area contributed by atoms with Crippen LogP contribution < -0.4 is 0 Å². The fraction of sp³-hybridized carbons (Fsp3) is 0.250. The largest absolute Gasteiger partial charge is 0.339 e. The minimum absolute atomic E-state index is 0.204. The molecule has 0 atom stereocenters. The van der Waals surface area contributed by atoms with E-state index in [1.807, 2.05) is 6.07 Å². The summed E-state index contributed by atoms with van der Waals surface area (Å²) in [6, 6.07) is 6.67. The highest BCUT2D eigenvalue weighted by Gasteiger charge is 2.32. The molecule has 1 aliphatic heterocycles. The first-order valence-corrected chi connectivity index (χ1v) is 7.35. The van der Waals surface area contributed by atoms with Gasteiger partial charge in [0.05, 0.1) is 12.1 Å². The van der Waals surface area contributed by atoms with E-state index in [4.69, 9.17) is 4.52 Å². The second-order valence-corrected chi connectivity index (χ2v) is 5.57. The van der Waals surface area contributed by atoms with Crippen LogP contribution >= 0.6 is 0 Å². The molecule has 3 aromatic rings. The molecule has 0 amide bonds. The Balaban J connectivity index is 1.38. The summed E-state index contributed by atoms with van der Waals surface area (Å²) >= 11 is 0. The van der Waals surface area contributed by atoms with Crippen molar-refractivity contribution in [2.45, 2.75) is 12.5 Å². The lowest BCUT2D eigenvalue weighted by Gasteiger charge is -2.37.